The van der Waals surface area contributed by atoms with Crippen molar-refractivity contribution in [1.29, 1.82) is 0 Å². The number of rotatable bonds is 5. The second kappa shape index (κ2) is 9.43. The molecule has 1 aromatic rings. The lowest BCUT2D eigenvalue weighted by atomic mass is 9.92. The molecule has 160 valence electrons. The number of amides is 3. The smallest absolute Gasteiger partial charge is 0.255 e. The Bertz CT molecular complexity index is 702. The number of piperazine rings is 1. The first-order valence-electron chi connectivity index (χ1n) is 10.5. The molecule has 3 amide bonds. The van der Waals surface area contributed by atoms with Gasteiger partial charge in [0.05, 0.1) is 18.4 Å². The number of hydrogen-bond donors (Lipinski definition) is 1. The molecule has 3 rings (SSSR count). The van der Waals surface area contributed by atoms with Gasteiger partial charge >= 0.3 is 0 Å². The van der Waals surface area contributed by atoms with Gasteiger partial charge in [-0.2, -0.15) is 0 Å². The van der Waals surface area contributed by atoms with E-state index in [1.54, 1.807) is 17.9 Å². The van der Waals surface area contributed by atoms with E-state index in [9.17, 15) is 14.4 Å². The first-order valence-corrected chi connectivity index (χ1v) is 10.5. The van der Waals surface area contributed by atoms with Gasteiger partial charge in [0.25, 0.3) is 5.91 Å². The number of piperidine rings is 1. The fraction of sp³-hybridized carbons (Fsp3) is 0.667. The van der Waals surface area contributed by atoms with Gasteiger partial charge in [-0.1, -0.05) is 13.8 Å². The Morgan fingerprint density at radius 2 is 1.76 bits per heavy atom. The first kappa shape index (κ1) is 21.4. The largest absolute Gasteiger partial charge is 0.472 e. The second-order valence-corrected chi connectivity index (χ2v) is 8.55. The van der Waals surface area contributed by atoms with Gasteiger partial charge in [0.15, 0.2) is 0 Å². The standard InChI is InChI=1S/C21H32N4O4/c1-15-10-16(2)12-25(11-15)19(26)13-23-5-7-24(8-6-23)21(28)17(3)22-20(27)18-4-9-29-14-18/h4,9,14-17H,5-8,10-13H2,1-3H3,(H,22,27). The van der Waals surface area contributed by atoms with E-state index in [1.807, 2.05) is 4.90 Å². The van der Waals surface area contributed by atoms with E-state index < -0.39 is 6.04 Å². The minimum Gasteiger partial charge on any atom is -0.472 e. The van der Waals surface area contributed by atoms with Crippen LogP contribution < -0.4 is 5.32 Å². The van der Waals surface area contributed by atoms with Gasteiger partial charge in [0.1, 0.15) is 12.3 Å². The van der Waals surface area contributed by atoms with Gasteiger partial charge in [-0.25, -0.2) is 0 Å². The third-order valence-corrected chi connectivity index (χ3v) is 5.77. The van der Waals surface area contributed by atoms with E-state index in [1.165, 1.54) is 18.9 Å². The fourth-order valence-corrected chi connectivity index (χ4v) is 4.29. The summed E-state index contributed by atoms with van der Waals surface area (Å²) in [5.41, 5.74) is 0.398. The van der Waals surface area contributed by atoms with Crippen molar-refractivity contribution in [3.8, 4) is 0 Å². The number of nitrogens with zero attached hydrogens (tertiary/aromatic N) is 3. The van der Waals surface area contributed by atoms with Gasteiger partial charge < -0.3 is 19.5 Å². The molecule has 0 bridgehead atoms. The molecule has 0 saturated carbocycles. The van der Waals surface area contributed by atoms with E-state index in [4.69, 9.17) is 4.42 Å². The predicted octanol–water partition coefficient (Wildman–Crippen LogP) is 1.05. The molecular formula is C21H32N4O4. The number of nitrogens with one attached hydrogen (secondary N) is 1. The van der Waals surface area contributed by atoms with Crippen LogP contribution in [-0.2, 0) is 9.59 Å². The third kappa shape index (κ3) is 5.59. The Labute approximate surface area is 172 Å². The highest BCUT2D eigenvalue weighted by molar-refractivity contribution is 5.97. The van der Waals surface area contributed by atoms with Crippen LogP contribution in [0, 0.1) is 11.8 Å². The SMILES string of the molecule is CC1CC(C)CN(C(=O)CN2CCN(C(=O)C(C)NC(=O)c3ccoc3)CC2)C1. The van der Waals surface area contributed by atoms with Gasteiger partial charge in [0, 0.05) is 39.3 Å². The van der Waals surface area contributed by atoms with Crippen molar-refractivity contribution in [2.75, 3.05) is 45.8 Å². The van der Waals surface area contributed by atoms with E-state index in [0.29, 0.717) is 50.1 Å². The first-order chi connectivity index (χ1) is 13.8. The topological polar surface area (TPSA) is 86.1 Å². The van der Waals surface area contributed by atoms with Crippen molar-refractivity contribution in [3.63, 3.8) is 0 Å². The molecule has 3 unspecified atom stereocenters. The summed E-state index contributed by atoms with van der Waals surface area (Å²) in [5.74, 6) is 0.857. The summed E-state index contributed by atoms with van der Waals surface area (Å²) in [6, 6.07) is 0.952. The van der Waals surface area contributed by atoms with Crippen molar-refractivity contribution in [3.05, 3.63) is 24.2 Å². The lowest BCUT2D eigenvalue weighted by Crippen LogP contribution is -2.56. The van der Waals surface area contributed by atoms with Crippen molar-refractivity contribution in [1.82, 2.24) is 20.0 Å². The van der Waals surface area contributed by atoms with E-state index >= 15 is 0 Å². The highest BCUT2D eigenvalue weighted by atomic mass is 16.3. The van der Waals surface area contributed by atoms with Gasteiger partial charge in [-0.05, 0) is 31.2 Å². The maximum atomic E-state index is 12.7. The van der Waals surface area contributed by atoms with Crippen LogP contribution in [0.2, 0.25) is 0 Å². The van der Waals surface area contributed by atoms with Crippen LogP contribution >= 0.6 is 0 Å². The highest BCUT2D eigenvalue weighted by Gasteiger charge is 2.29. The molecule has 1 N–H and O–H groups in total. The lowest BCUT2D eigenvalue weighted by Gasteiger charge is -2.39. The van der Waals surface area contributed by atoms with Gasteiger partial charge in [-0.15, -0.1) is 0 Å². The molecule has 2 aliphatic heterocycles. The monoisotopic (exact) mass is 404 g/mol. The van der Waals surface area contributed by atoms with Gasteiger partial charge in [0.2, 0.25) is 11.8 Å². The normalized spacial score (nSPS) is 24.2. The average molecular weight is 405 g/mol. The maximum absolute atomic E-state index is 12.7. The average Bonchev–Trinajstić information content (AvgIpc) is 3.22. The van der Waals surface area contributed by atoms with Crippen LogP contribution in [0.3, 0.4) is 0 Å². The Morgan fingerprint density at radius 1 is 1.10 bits per heavy atom. The molecule has 0 radical (unpaired) electrons. The van der Waals surface area contributed by atoms with E-state index in [2.05, 4.69) is 24.1 Å². The molecule has 2 aliphatic rings. The predicted molar refractivity (Wildman–Crippen MR) is 108 cm³/mol. The summed E-state index contributed by atoms with van der Waals surface area (Å²) in [4.78, 5) is 43.3. The molecule has 29 heavy (non-hydrogen) atoms. The molecule has 0 aromatic carbocycles. The molecule has 0 aliphatic carbocycles. The van der Waals surface area contributed by atoms with Crippen molar-refractivity contribution in [2.24, 2.45) is 11.8 Å². The summed E-state index contributed by atoms with van der Waals surface area (Å²) in [6.45, 7) is 10.6. The molecule has 1 aromatic heterocycles. The zero-order valence-electron chi connectivity index (χ0n) is 17.6. The maximum Gasteiger partial charge on any atom is 0.255 e. The van der Waals surface area contributed by atoms with Crippen molar-refractivity contribution in [2.45, 2.75) is 33.2 Å². The number of furan rings is 1. The minimum atomic E-state index is -0.609. The molecule has 3 atom stereocenters. The summed E-state index contributed by atoms with van der Waals surface area (Å²) in [6.07, 6.45) is 3.96. The molecule has 0 spiro atoms. The summed E-state index contributed by atoms with van der Waals surface area (Å²) in [7, 11) is 0. The number of likely N-dealkylation sites (tertiary alicyclic amines) is 1. The molecule has 8 nitrogen and oxygen atoms in total. The fourth-order valence-electron chi connectivity index (χ4n) is 4.29. The van der Waals surface area contributed by atoms with Crippen LogP contribution in [0.25, 0.3) is 0 Å². The van der Waals surface area contributed by atoms with E-state index in [-0.39, 0.29) is 17.7 Å². The Morgan fingerprint density at radius 3 is 2.34 bits per heavy atom. The summed E-state index contributed by atoms with van der Waals surface area (Å²) < 4.78 is 4.90. The van der Waals surface area contributed by atoms with Crippen molar-refractivity contribution >= 4 is 17.7 Å². The quantitative estimate of drug-likeness (QED) is 0.793. The van der Waals surface area contributed by atoms with Gasteiger partial charge in [-0.3, -0.25) is 19.3 Å². The molecule has 2 saturated heterocycles. The summed E-state index contributed by atoms with van der Waals surface area (Å²) in [5, 5.41) is 2.71. The zero-order valence-corrected chi connectivity index (χ0v) is 17.6. The van der Waals surface area contributed by atoms with Crippen molar-refractivity contribution < 1.29 is 18.8 Å². The number of carbonyl (C=O) groups is 3. The van der Waals surface area contributed by atoms with E-state index in [0.717, 1.165) is 13.1 Å². The molecule has 2 fully saturated rings. The minimum absolute atomic E-state index is 0.105. The summed E-state index contributed by atoms with van der Waals surface area (Å²) >= 11 is 0. The van der Waals surface area contributed by atoms with Crippen LogP contribution in [0.4, 0.5) is 0 Å². The highest BCUT2D eigenvalue weighted by Crippen LogP contribution is 2.21. The molecular weight excluding hydrogens is 372 g/mol. The molecule has 3 heterocycles. The second-order valence-electron chi connectivity index (χ2n) is 8.55. The van der Waals surface area contributed by atoms with Crippen LogP contribution in [0.5, 0.6) is 0 Å². The Balaban J connectivity index is 1.43. The zero-order chi connectivity index (χ0) is 21.0. The van der Waals surface area contributed by atoms with Crippen LogP contribution in [0.15, 0.2) is 23.0 Å². The number of carbonyl (C=O) groups excluding carboxylic acids is 3. The van der Waals surface area contributed by atoms with Crippen LogP contribution in [-0.4, -0.2) is 84.3 Å². The lowest BCUT2D eigenvalue weighted by molar-refractivity contribution is -0.137. The van der Waals surface area contributed by atoms with Crippen LogP contribution in [0.1, 0.15) is 37.6 Å². The Hall–Kier alpha value is -2.35. The number of hydrogen-bond acceptors (Lipinski definition) is 5. The molecule has 8 heteroatoms. The third-order valence-electron chi connectivity index (χ3n) is 5.77. The Kier molecular flexibility index (Phi) is 6.95.